The van der Waals surface area contributed by atoms with Crippen molar-refractivity contribution in [2.75, 3.05) is 66.6 Å². The van der Waals surface area contributed by atoms with Crippen LogP contribution < -0.4 is 14.8 Å². The molecular formula is C44H66ClFN4O3S. The van der Waals surface area contributed by atoms with Gasteiger partial charge in [0.05, 0.1) is 6.61 Å². The smallest absolute Gasteiger partial charge is 0.260 e. The Labute approximate surface area is 332 Å². The van der Waals surface area contributed by atoms with E-state index < -0.39 is 22.4 Å². The van der Waals surface area contributed by atoms with E-state index >= 15 is 0 Å². The summed E-state index contributed by atoms with van der Waals surface area (Å²) in [6.07, 6.45) is 11.1. The monoisotopic (exact) mass is 784 g/mol. The standard InChI is InChI=1S/C44H66ClFN4O3S/c1-7-10-35-27-38(45)16-19-41(35)37-29-49(4)28-36-15-20-42(36)44(52-5,31-50-25-9-12-39(46)21-23-47-24-26-50)22-8-11-32(2)33(3)54(6)48-43(51)34-13-17-40(18-14-34)53-30-37/h8,13-14,16-19,22,27,32-33,36-37,39,42,47H,6-7,9-12,15,20-21,23-26,28-31H2,1-5H3,(H,48,51)/b22-8+. The van der Waals surface area contributed by atoms with Crippen molar-refractivity contribution in [2.45, 2.75) is 95.1 Å². The van der Waals surface area contributed by atoms with Gasteiger partial charge >= 0.3 is 0 Å². The number of amides is 1. The van der Waals surface area contributed by atoms with Crippen LogP contribution in [0.1, 0.15) is 93.1 Å². The molecule has 3 aliphatic heterocycles. The van der Waals surface area contributed by atoms with Gasteiger partial charge in [0.1, 0.15) is 17.5 Å². The number of methoxy groups -OCH3 is 1. The van der Waals surface area contributed by atoms with Crippen LogP contribution in [0.25, 0.3) is 0 Å². The van der Waals surface area contributed by atoms with Crippen LogP contribution in [-0.2, 0) is 11.2 Å². The molecule has 54 heavy (non-hydrogen) atoms. The number of hydrogen-bond donors (Lipinski definition) is 2. The van der Waals surface area contributed by atoms with Crippen LogP contribution in [0.5, 0.6) is 5.75 Å². The van der Waals surface area contributed by atoms with E-state index in [0.717, 1.165) is 95.1 Å². The van der Waals surface area contributed by atoms with Gasteiger partial charge in [-0.1, -0.05) is 73.6 Å². The van der Waals surface area contributed by atoms with Crippen LogP contribution in [0.4, 0.5) is 4.39 Å². The first kappa shape index (κ1) is 42.9. The Morgan fingerprint density at radius 2 is 1.87 bits per heavy atom. The molecule has 1 saturated heterocycles. The van der Waals surface area contributed by atoms with Crippen LogP contribution in [0, 0.1) is 17.8 Å². The summed E-state index contributed by atoms with van der Waals surface area (Å²) >= 11 is 6.52. The molecule has 8 atom stereocenters. The number of hydrogen-bond acceptors (Lipinski definition) is 6. The second-order valence-electron chi connectivity index (χ2n) is 16.2. The Morgan fingerprint density at radius 3 is 2.59 bits per heavy atom. The van der Waals surface area contributed by atoms with Crippen molar-refractivity contribution in [2.24, 2.45) is 17.8 Å². The summed E-state index contributed by atoms with van der Waals surface area (Å²) in [5, 5.41) is 4.41. The number of aryl methyl sites for hydroxylation is 1. The van der Waals surface area contributed by atoms with E-state index in [9.17, 15) is 9.18 Å². The van der Waals surface area contributed by atoms with Crippen molar-refractivity contribution < 1.29 is 18.7 Å². The van der Waals surface area contributed by atoms with Crippen LogP contribution >= 0.6 is 22.3 Å². The molecule has 6 rings (SSSR count). The molecule has 1 saturated carbocycles. The van der Waals surface area contributed by atoms with Crippen molar-refractivity contribution in [1.82, 2.24) is 19.8 Å². The number of carbonyl (C=O) groups excluding carboxylic acids is 1. The Kier molecular flexibility index (Phi) is 16.5. The first-order chi connectivity index (χ1) is 26.0. The molecule has 1 aliphatic carbocycles. The third-order valence-corrected chi connectivity index (χ3v) is 14.3. The Morgan fingerprint density at radius 1 is 1.07 bits per heavy atom. The molecule has 1 amide bonds. The van der Waals surface area contributed by atoms with E-state index in [1.54, 1.807) is 0 Å². The van der Waals surface area contributed by atoms with Gasteiger partial charge in [-0.05, 0) is 130 Å². The van der Waals surface area contributed by atoms with E-state index in [1.807, 2.05) is 37.4 Å². The van der Waals surface area contributed by atoms with Gasteiger partial charge in [0.2, 0.25) is 0 Å². The molecular weight excluding hydrogens is 719 g/mol. The number of likely N-dealkylation sites (N-methyl/N-ethyl adjacent to an activating group) is 1. The predicted molar refractivity (Wildman–Crippen MR) is 226 cm³/mol. The van der Waals surface area contributed by atoms with Gasteiger partial charge in [-0.3, -0.25) is 9.69 Å². The van der Waals surface area contributed by atoms with Gasteiger partial charge < -0.3 is 24.4 Å². The second kappa shape index (κ2) is 20.8. The van der Waals surface area contributed by atoms with Crippen LogP contribution in [0.3, 0.4) is 0 Å². The SMILES string of the molecule is C=S1NC(=O)c2ccc(cc2)OCC(c2ccc(Cl)cc2CCC)CN(C)CC2CCC2C(CN2CCCC(F)CCNCC2)(OC)/C=C/CC(C)C1C. The number of nitrogens with zero attached hydrogens (tertiary/aromatic N) is 2. The highest BCUT2D eigenvalue weighted by Gasteiger charge is 2.47. The molecule has 3 heterocycles. The van der Waals surface area contributed by atoms with E-state index in [0.29, 0.717) is 42.8 Å². The topological polar surface area (TPSA) is 66.1 Å². The highest BCUT2D eigenvalue weighted by atomic mass is 35.5. The number of alkyl halides is 1. The molecule has 300 valence electrons. The number of nitrogens with one attached hydrogen (secondary N) is 2. The van der Waals surface area contributed by atoms with Crippen LogP contribution in [0.15, 0.2) is 54.6 Å². The second-order valence-corrected chi connectivity index (χ2v) is 18.4. The average Bonchev–Trinajstić information content (AvgIpc) is 3.14. The van der Waals surface area contributed by atoms with Crippen molar-refractivity contribution in [1.29, 1.82) is 0 Å². The number of allylic oxidation sites excluding steroid dienone is 1. The lowest BCUT2D eigenvalue weighted by Gasteiger charge is -2.51. The lowest BCUT2D eigenvalue weighted by atomic mass is 9.64. The lowest BCUT2D eigenvalue weighted by molar-refractivity contribution is -0.0980. The minimum atomic E-state index is -0.750. The first-order valence-corrected chi connectivity index (χ1v) is 22.2. The number of benzene rings is 2. The van der Waals surface area contributed by atoms with Gasteiger partial charge in [-0.25, -0.2) is 4.39 Å². The summed E-state index contributed by atoms with van der Waals surface area (Å²) in [7, 11) is 3.56. The largest absolute Gasteiger partial charge is 0.493 e. The van der Waals surface area contributed by atoms with Crippen LogP contribution in [0.2, 0.25) is 5.02 Å². The molecule has 2 aromatic carbocycles. The fourth-order valence-electron chi connectivity index (χ4n) is 8.60. The number of carbonyl (C=O) groups is 1. The summed E-state index contributed by atoms with van der Waals surface area (Å²) in [5.41, 5.74) is 2.68. The summed E-state index contributed by atoms with van der Waals surface area (Å²) in [6, 6.07) is 13.8. The maximum absolute atomic E-state index is 14.5. The third-order valence-electron chi connectivity index (χ3n) is 12.2. The predicted octanol–water partition coefficient (Wildman–Crippen LogP) is 8.54. The van der Waals surface area contributed by atoms with Gasteiger partial charge in [0.25, 0.3) is 5.91 Å². The summed E-state index contributed by atoms with van der Waals surface area (Å²) in [5.74, 6) is 6.25. The molecule has 0 radical (unpaired) electrons. The minimum absolute atomic E-state index is 0.118. The molecule has 10 heteroatoms. The van der Waals surface area contributed by atoms with Gasteiger partial charge in [-0.2, -0.15) is 0 Å². The van der Waals surface area contributed by atoms with Crippen molar-refractivity contribution in [3.05, 3.63) is 76.3 Å². The Hall–Kier alpha value is -2.27. The normalized spacial score (nSPS) is 32.3. The molecule has 0 aromatic heterocycles. The summed E-state index contributed by atoms with van der Waals surface area (Å²) in [4.78, 5) is 18.3. The zero-order valence-electron chi connectivity index (χ0n) is 33.5. The summed E-state index contributed by atoms with van der Waals surface area (Å²) < 4.78 is 30.9. The van der Waals surface area contributed by atoms with E-state index in [4.69, 9.17) is 21.1 Å². The van der Waals surface area contributed by atoms with E-state index in [2.05, 4.69) is 77.8 Å². The molecule has 2 aromatic rings. The maximum atomic E-state index is 14.5. The average molecular weight is 786 g/mol. The van der Waals surface area contributed by atoms with Crippen molar-refractivity contribution >= 4 is 34.0 Å². The summed E-state index contributed by atoms with van der Waals surface area (Å²) in [6.45, 7) is 13.1. The number of ether oxygens (including phenoxy) is 2. The Balaban J connectivity index is 1.46. The third kappa shape index (κ3) is 11.6. The lowest BCUT2D eigenvalue weighted by Crippen LogP contribution is -2.56. The molecule has 2 N–H and O–H groups in total. The molecule has 0 spiro atoms. The van der Waals surface area contributed by atoms with Crippen molar-refractivity contribution in [3.8, 4) is 5.75 Å². The Bertz CT molecular complexity index is 1540. The number of rotatable bonds is 6. The molecule has 2 fully saturated rings. The fourth-order valence-corrected chi connectivity index (χ4v) is 10.0. The van der Waals surface area contributed by atoms with Gasteiger partial charge in [-0.15, -0.1) is 0 Å². The van der Waals surface area contributed by atoms with E-state index in [-0.39, 0.29) is 17.1 Å². The zero-order chi connectivity index (χ0) is 38.7. The van der Waals surface area contributed by atoms with E-state index in [1.165, 1.54) is 11.1 Å². The zero-order valence-corrected chi connectivity index (χ0v) is 35.0. The molecule has 8 unspecified atom stereocenters. The van der Waals surface area contributed by atoms with Gasteiger partial charge in [0, 0.05) is 61.6 Å². The number of halogens is 2. The molecule has 4 aliphatic rings. The van der Waals surface area contributed by atoms with Crippen molar-refractivity contribution in [3.63, 3.8) is 0 Å². The van der Waals surface area contributed by atoms with Crippen LogP contribution in [-0.4, -0.2) is 105 Å². The molecule has 2 bridgehead atoms. The first-order valence-electron chi connectivity index (χ1n) is 20.3. The fraction of sp³-hybridized carbons (Fsp3) is 0.636. The quantitative estimate of drug-likeness (QED) is 0.226. The highest BCUT2D eigenvalue weighted by molar-refractivity contribution is 8.13. The van der Waals surface area contributed by atoms with Gasteiger partial charge in [0.15, 0.2) is 0 Å². The number of fused-ring (bicyclic) bond motifs is 14. The highest BCUT2D eigenvalue weighted by Crippen LogP contribution is 2.46. The maximum Gasteiger partial charge on any atom is 0.260 e. The molecule has 7 nitrogen and oxygen atoms in total. The minimum Gasteiger partial charge on any atom is -0.493 e.